The van der Waals surface area contributed by atoms with E-state index in [0.717, 1.165) is 11.8 Å². The Balaban J connectivity index is 3.21. The van der Waals surface area contributed by atoms with Crippen LogP contribution in [-0.4, -0.2) is 32.2 Å². The highest BCUT2D eigenvalue weighted by Crippen LogP contribution is 2.14. The van der Waals surface area contributed by atoms with E-state index in [1.807, 2.05) is 13.8 Å². The van der Waals surface area contributed by atoms with Gasteiger partial charge in [-0.2, -0.15) is 5.10 Å². The zero-order valence-corrected chi connectivity index (χ0v) is 9.54. The molecule has 15 heavy (non-hydrogen) atoms. The average molecular weight is 228 g/mol. The first-order chi connectivity index (χ1) is 6.97. The zero-order valence-electron chi connectivity index (χ0n) is 8.72. The van der Waals surface area contributed by atoms with E-state index in [0.29, 0.717) is 0 Å². The molecule has 1 aromatic rings. The second-order valence-electron chi connectivity index (χ2n) is 3.25. The van der Waals surface area contributed by atoms with E-state index in [-0.39, 0.29) is 22.5 Å². The highest BCUT2D eigenvalue weighted by Gasteiger charge is 2.19. The Morgan fingerprint density at radius 3 is 2.47 bits per heavy atom. The van der Waals surface area contributed by atoms with Crippen LogP contribution in [0.1, 0.15) is 40.9 Å². The molecule has 0 atom stereocenters. The Kier molecular flexibility index (Phi) is 3.52. The maximum absolute atomic E-state index is 11.3. The highest BCUT2D eigenvalue weighted by atomic mass is 32.2. The predicted molar refractivity (Wildman–Crippen MR) is 57.4 cm³/mol. The third-order valence-corrected chi connectivity index (χ3v) is 2.42. The Hall–Kier alpha value is -1.30. The van der Waals surface area contributed by atoms with Gasteiger partial charge in [-0.1, -0.05) is 11.8 Å². The molecule has 0 saturated carbocycles. The predicted octanol–water partition coefficient (Wildman–Crippen LogP) is 1.67. The summed E-state index contributed by atoms with van der Waals surface area (Å²) in [5.74, 6) is -1.07. The number of aromatic nitrogens is 2. The van der Waals surface area contributed by atoms with E-state index in [2.05, 4.69) is 5.10 Å². The van der Waals surface area contributed by atoms with Gasteiger partial charge in [0.15, 0.2) is 0 Å². The molecule has 0 fully saturated rings. The van der Waals surface area contributed by atoms with Crippen LogP contribution in [0, 0.1) is 0 Å². The lowest BCUT2D eigenvalue weighted by atomic mass is 10.3. The normalized spacial score (nSPS) is 10.7. The second-order valence-corrected chi connectivity index (χ2v) is 4.03. The molecule has 1 aromatic heterocycles. The summed E-state index contributed by atoms with van der Waals surface area (Å²) < 4.78 is 1.34. The molecule has 0 amide bonds. The van der Waals surface area contributed by atoms with Crippen LogP contribution in [0.2, 0.25) is 0 Å². The van der Waals surface area contributed by atoms with Gasteiger partial charge in [-0.05, 0) is 20.1 Å². The number of aromatic carboxylic acids is 1. The van der Waals surface area contributed by atoms with Crippen molar-refractivity contribution in [2.45, 2.75) is 19.9 Å². The molecule has 0 saturated heterocycles. The molecule has 0 aliphatic heterocycles. The molecular weight excluding hydrogens is 216 g/mol. The third kappa shape index (κ3) is 2.38. The van der Waals surface area contributed by atoms with E-state index in [4.69, 9.17) is 5.11 Å². The Morgan fingerprint density at radius 1 is 1.53 bits per heavy atom. The lowest BCUT2D eigenvalue weighted by Gasteiger charge is -2.06. The van der Waals surface area contributed by atoms with E-state index < -0.39 is 5.97 Å². The fourth-order valence-electron chi connectivity index (χ4n) is 1.15. The first-order valence-electron chi connectivity index (χ1n) is 4.38. The van der Waals surface area contributed by atoms with Gasteiger partial charge in [-0.25, -0.2) is 4.79 Å². The monoisotopic (exact) mass is 228 g/mol. The van der Waals surface area contributed by atoms with Gasteiger partial charge >= 0.3 is 5.97 Å². The molecule has 0 spiro atoms. The fraction of sp³-hybridized carbons (Fsp3) is 0.444. The molecule has 0 bridgehead atoms. The summed E-state index contributed by atoms with van der Waals surface area (Å²) >= 11 is 1.02. The lowest BCUT2D eigenvalue weighted by Crippen LogP contribution is -2.12. The van der Waals surface area contributed by atoms with Crippen molar-refractivity contribution < 1.29 is 14.7 Å². The Bertz CT molecular complexity index is 398. The molecule has 82 valence electrons. The van der Waals surface area contributed by atoms with Crippen LogP contribution >= 0.6 is 11.8 Å². The van der Waals surface area contributed by atoms with Crippen molar-refractivity contribution in [2.75, 3.05) is 6.26 Å². The quantitative estimate of drug-likeness (QED) is 0.851. The molecule has 0 aromatic carbocycles. The van der Waals surface area contributed by atoms with Crippen molar-refractivity contribution in [1.82, 2.24) is 9.78 Å². The minimum absolute atomic E-state index is 0.0439. The minimum atomic E-state index is -1.07. The molecule has 0 aliphatic carbocycles. The van der Waals surface area contributed by atoms with Gasteiger partial charge in [0.1, 0.15) is 11.4 Å². The number of thioether (sulfide) groups is 1. The highest BCUT2D eigenvalue weighted by molar-refractivity contribution is 8.13. The standard InChI is InChI=1S/C9H12N2O3S/c1-5(2)11-7(8(12)13)4-6(10-11)9(14)15-3/h4-5H,1-3H3,(H,12,13). The number of carbonyl (C=O) groups excluding carboxylic acids is 1. The number of hydrogen-bond donors (Lipinski definition) is 1. The topological polar surface area (TPSA) is 72.2 Å². The van der Waals surface area contributed by atoms with Crippen molar-refractivity contribution in [1.29, 1.82) is 0 Å². The number of rotatable bonds is 3. The number of nitrogens with zero attached hydrogens (tertiary/aromatic N) is 2. The van der Waals surface area contributed by atoms with Gasteiger partial charge in [0.25, 0.3) is 0 Å². The van der Waals surface area contributed by atoms with Crippen molar-refractivity contribution in [3.63, 3.8) is 0 Å². The van der Waals surface area contributed by atoms with Crippen LogP contribution in [0.15, 0.2) is 6.07 Å². The average Bonchev–Trinajstić information content (AvgIpc) is 2.61. The summed E-state index contributed by atoms with van der Waals surface area (Å²) in [6, 6.07) is 1.22. The molecule has 1 heterocycles. The van der Waals surface area contributed by atoms with Crippen LogP contribution in [-0.2, 0) is 0 Å². The molecule has 1 N–H and O–H groups in total. The van der Waals surface area contributed by atoms with Crippen LogP contribution in [0.5, 0.6) is 0 Å². The SMILES string of the molecule is CSC(=O)c1cc(C(=O)O)n(C(C)C)n1. The van der Waals surface area contributed by atoms with Crippen molar-refractivity contribution in [3.05, 3.63) is 17.5 Å². The Morgan fingerprint density at radius 2 is 2.13 bits per heavy atom. The number of carboxylic acids is 1. The van der Waals surface area contributed by atoms with Gasteiger partial charge in [-0.3, -0.25) is 9.48 Å². The van der Waals surface area contributed by atoms with E-state index in [1.54, 1.807) is 6.26 Å². The summed E-state index contributed by atoms with van der Waals surface area (Å²) in [5.41, 5.74) is 0.232. The number of carboxylic acid groups (broad SMARTS) is 1. The lowest BCUT2D eigenvalue weighted by molar-refractivity contribution is 0.0681. The molecular formula is C9H12N2O3S. The second kappa shape index (κ2) is 4.48. The van der Waals surface area contributed by atoms with Gasteiger partial charge in [-0.15, -0.1) is 0 Å². The Labute approximate surface area is 91.5 Å². The minimum Gasteiger partial charge on any atom is -0.477 e. The summed E-state index contributed by atoms with van der Waals surface area (Å²) in [4.78, 5) is 22.2. The smallest absolute Gasteiger partial charge is 0.354 e. The van der Waals surface area contributed by atoms with Crippen molar-refractivity contribution >= 4 is 22.8 Å². The molecule has 0 aliphatic rings. The largest absolute Gasteiger partial charge is 0.477 e. The number of hydrogen-bond acceptors (Lipinski definition) is 4. The zero-order chi connectivity index (χ0) is 11.6. The first kappa shape index (κ1) is 11.8. The maximum Gasteiger partial charge on any atom is 0.354 e. The van der Waals surface area contributed by atoms with Crippen LogP contribution in [0.4, 0.5) is 0 Å². The van der Waals surface area contributed by atoms with E-state index in [9.17, 15) is 9.59 Å². The van der Waals surface area contributed by atoms with E-state index in [1.165, 1.54) is 10.7 Å². The van der Waals surface area contributed by atoms with Crippen LogP contribution < -0.4 is 0 Å². The van der Waals surface area contributed by atoms with Crippen molar-refractivity contribution in [3.8, 4) is 0 Å². The van der Waals surface area contributed by atoms with Crippen LogP contribution in [0.25, 0.3) is 0 Å². The third-order valence-electron chi connectivity index (χ3n) is 1.84. The van der Waals surface area contributed by atoms with Gasteiger partial charge in [0, 0.05) is 12.1 Å². The molecule has 0 unspecified atom stereocenters. The van der Waals surface area contributed by atoms with Gasteiger partial charge in [0.2, 0.25) is 5.12 Å². The molecule has 1 rings (SSSR count). The summed E-state index contributed by atoms with van der Waals surface area (Å²) in [6.45, 7) is 3.62. The van der Waals surface area contributed by atoms with Crippen molar-refractivity contribution in [2.24, 2.45) is 0 Å². The molecule has 0 radical (unpaired) electrons. The number of carbonyl (C=O) groups is 2. The maximum atomic E-state index is 11.3. The molecule has 6 heteroatoms. The fourth-order valence-corrected chi connectivity index (χ4v) is 1.46. The van der Waals surface area contributed by atoms with Crippen LogP contribution in [0.3, 0.4) is 0 Å². The first-order valence-corrected chi connectivity index (χ1v) is 5.61. The summed E-state index contributed by atoms with van der Waals surface area (Å²) in [7, 11) is 0. The summed E-state index contributed by atoms with van der Waals surface area (Å²) in [5, 5.41) is 12.6. The molecule has 5 nitrogen and oxygen atoms in total. The summed E-state index contributed by atoms with van der Waals surface area (Å²) in [6.07, 6.45) is 1.64. The van der Waals surface area contributed by atoms with Gasteiger partial charge in [0.05, 0.1) is 0 Å². The van der Waals surface area contributed by atoms with Gasteiger partial charge < -0.3 is 5.11 Å². The van der Waals surface area contributed by atoms with E-state index >= 15 is 0 Å².